The molecule has 1 heterocycles. The molecule has 0 bridgehead atoms. The molecule has 14 heavy (non-hydrogen) atoms. The molecule has 2 N–H and O–H groups in total. The van der Waals surface area contributed by atoms with E-state index in [0.29, 0.717) is 6.54 Å². The van der Waals surface area contributed by atoms with Crippen LogP contribution in [0.4, 0.5) is 0 Å². The molecule has 2 fully saturated rings. The molecule has 1 aliphatic carbocycles. The average molecular weight is 218 g/mol. The predicted octanol–water partition coefficient (Wildman–Crippen LogP) is 0.639. The van der Waals surface area contributed by atoms with Crippen LogP contribution in [-0.2, 0) is 10.0 Å². The van der Waals surface area contributed by atoms with Crippen LogP contribution in [0.2, 0.25) is 0 Å². The van der Waals surface area contributed by atoms with E-state index in [9.17, 15) is 8.42 Å². The van der Waals surface area contributed by atoms with Gasteiger partial charge in [-0.25, -0.2) is 8.42 Å². The van der Waals surface area contributed by atoms with Gasteiger partial charge in [-0.2, -0.15) is 4.31 Å². The second-order valence-electron chi connectivity index (χ2n) is 4.27. The maximum absolute atomic E-state index is 12.0. The summed E-state index contributed by atoms with van der Waals surface area (Å²) in [7, 11) is -3.05. The Morgan fingerprint density at radius 1 is 1.07 bits per heavy atom. The normalized spacial score (nSPS) is 31.4. The highest BCUT2D eigenvalue weighted by atomic mass is 32.2. The van der Waals surface area contributed by atoms with Crippen molar-refractivity contribution in [3.05, 3.63) is 0 Å². The van der Waals surface area contributed by atoms with Gasteiger partial charge in [0.2, 0.25) is 10.0 Å². The van der Waals surface area contributed by atoms with E-state index in [4.69, 9.17) is 5.73 Å². The minimum absolute atomic E-state index is 0.119. The van der Waals surface area contributed by atoms with Crippen LogP contribution < -0.4 is 5.73 Å². The summed E-state index contributed by atoms with van der Waals surface area (Å²) in [5, 5.41) is -0.119. The van der Waals surface area contributed by atoms with E-state index >= 15 is 0 Å². The Hall–Kier alpha value is -0.130. The lowest BCUT2D eigenvalue weighted by Crippen LogP contribution is -2.46. The van der Waals surface area contributed by atoms with Crippen molar-refractivity contribution in [2.75, 3.05) is 6.54 Å². The molecule has 2 rings (SSSR count). The van der Waals surface area contributed by atoms with Crippen LogP contribution in [0.15, 0.2) is 0 Å². The second-order valence-corrected chi connectivity index (χ2v) is 6.44. The smallest absolute Gasteiger partial charge is 0.218 e. The van der Waals surface area contributed by atoms with Crippen LogP contribution in [0.25, 0.3) is 0 Å². The first-order valence-electron chi connectivity index (χ1n) is 5.38. The Morgan fingerprint density at radius 2 is 1.79 bits per heavy atom. The van der Waals surface area contributed by atoms with E-state index in [1.165, 1.54) is 4.31 Å². The first kappa shape index (κ1) is 10.4. The van der Waals surface area contributed by atoms with Crippen LogP contribution in [0.3, 0.4) is 0 Å². The van der Waals surface area contributed by atoms with Gasteiger partial charge in [-0.1, -0.05) is 12.8 Å². The van der Waals surface area contributed by atoms with Gasteiger partial charge in [0, 0.05) is 6.54 Å². The fourth-order valence-electron chi connectivity index (χ4n) is 1.98. The molecule has 0 spiro atoms. The third-order valence-corrected chi connectivity index (χ3v) is 5.44. The van der Waals surface area contributed by atoms with Crippen molar-refractivity contribution >= 4 is 10.0 Å². The molecule has 2 aliphatic rings. The van der Waals surface area contributed by atoms with E-state index in [1.54, 1.807) is 0 Å². The summed E-state index contributed by atoms with van der Waals surface area (Å²) in [6, 6.07) is 0. The van der Waals surface area contributed by atoms with Crippen LogP contribution in [0.1, 0.15) is 38.5 Å². The van der Waals surface area contributed by atoms with Crippen molar-refractivity contribution in [3.8, 4) is 0 Å². The molecule has 0 amide bonds. The van der Waals surface area contributed by atoms with E-state index < -0.39 is 10.0 Å². The predicted molar refractivity (Wildman–Crippen MR) is 55.1 cm³/mol. The van der Waals surface area contributed by atoms with Crippen LogP contribution in [0.5, 0.6) is 0 Å². The van der Waals surface area contributed by atoms with Gasteiger partial charge < -0.3 is 5.73 Å². The Bertz CT molecular complexity index is 298. The summed E-state index contributed by atoms with van der Waals surface area (Å²) in [4.78, 5) is 0. The maximum atomic E-state index is 12.0. The summed E-state index contributed by atoms with van der Waals surface area (Å²) in [5.74, 6) is 0. The van der Waals surface area contributed by atoms with Gasteiger partial charge in [0.1, 0.15) is 0 Å². The van der Waals surface area contributed by atoms with Gasteiger partial charge in [-0.3, -0.25) is 0 Å². The van der Waals surface area contributed by atoms with Gasteiger partial charge in [-0.15, -0.1) is 0 Å². The number of nitrogens with zero attached hydrogens (tertiary/aromatic N) is 1. The average Bonchev–Trinajstić information content (AvgIpc) is 2.89. The summed E-state index contributed by atoms with van der Waals surface area (Å²) < 4.78 is 25.5. The largest absolute Gasteiger partial charge is 0.315 e. The monoisotopic (exact) mass is 218 g/mol. The van der Waals surface area contributed by atoms with E-state index in [0.717, 1.165) is 38.5 Å². The molecule has 4 nitrogen and oxygen atoms in total. The molecule has 1 atom stereocenters. The van der Waals surface area contributed by atoms with Crippen molar-refractivity contribution in [3.63, 3.8) is 0 Å². The van der Waals surface area contributed by atoms with Crippen molar-refractivity contribution in [2.24, 2.45) is 5.73 Å². The fraction of sp³-hybridized carbons (Fsp3) is 1.00. The SMILES string of the molecule is NC1CCCCCN1S(=O)(=O)C1CC1. The quantitative estimate of drug-likeness (QED) is 0.739. The lowest BCUT2D eigenvalue weighted by atomic mass is 10.2. The molecule has 0 aromatic rings. The summed E-state index contributed by atoms with van der Waals surface area (Å²) in [5.41, 5.74) is 5.88. The standard InChI is InChI=1S/C9H18N2O2S/c10-9-4-2-1-3-7-11(9)14(12,13)8-5-6-8/h8-9H,1-7,10H2. The highest BCUT2D eigenvalue weighted by molar-refractivity contribution is 7.90. The molecule has 1 unspecified atom stereocenters. The molecule has 0 aromatic carbocycles. The van der Waals surface area contributed by atoms with Gasteiger partial charge in [-0.05, 0) is 25.7 Å². The lowest BCUT2D eigenvalue weighted by molar-refractivity contribution is 0.329. The minimum atomic E-state index is -3.05. The molecule has 1 aliphatic heterocycles. The van der Waals surface area contributed by atoms with E-state index in [-0.39, 0.29) is 11.4 Å². The Labute approximate surface area is 85.5 Å². The van der Waals surface area contributed by atoms with Crippen molar-refractivity contribution in [2.45, 2.75) is 49.9 Å². The summed E-state index contributed by atoms with van der Waals surface area (Å²) >= 11 is 0. The zero-order chi connectivity index (χ0) is 10.2. The Balaban J connectivity index is 2.13. The molecular formula is C9H18N2O2S. The van der Waals surface area contributed by atoms with Crippen LogP contribution in [0, 0.1) is 0 Å². The van der Waals surface area contributed by atoms with Crippen molar-refractivity contribution in [1.82, 2.24) is 4.31 Å². The van der Waals surface area contributed by atoms with Crippen LogP contribution >= 0.6 is 0 Å². The first-order valence-corrected chi connectivity index (χ1v) is 6.89. The van der Waals surface area contributed by atoms with Crippen LogP contribution in [-0.4, -0.2) is 30.7 Å². The van der Waals surface area contributed by atoms with E-state index in [1.807, 2.05) is 0 Å². The highest BCUT2D eigenvalue weighted by Gasteiger charge is 2.42. The van der Waals surface area contributed by atoms with Crippen molar-refractivity contribution in [1.29, 1.82) is 0 Å². The van der Waals surface area contributed by atoms with Gasteiger partial charge in [0.25, 0.3) is 0 Å². The maximum Gasteiger partial charge on any atom is 0.218 e. The fourth-order valence-corrected chi connectivity index (χ4v) is 3.96. The molecular weight excluding hydrogens is 200 g/mol. The topological polar surface area (TPSA) is 63.4 Å². The molecule has 0 radical (unpaired) electrons. The van der Waals surface area contributed by atoms with Crippen molar-refractivity contribution < 1.29 is 8.42 Å². The van der Waals surface area contributed by atoms with Gasteiger partial charge in [0.05, 0.1) is 11.4 Å². The molecule has 0 aromatic heterocycles. The van der Waals surface area contributed by atoms with E-state index in [2.05, 4.69) is 0 Å². The third kappa shape index (κ3) is 1.94. The number of nitrogens with two attached hydrogens (primary N) is 1. The zero-order valence-electron chi connectivity index (χ0n) is 8.35. The van der Waals surface area contributed by atoms with Gasteiger partial charge in [0.15, 0.2) is 0 Å². The number of hydrogen-bond acceptors (Lipinski definition) is 3. The number of sulfonamides is 1. The Morgan fingerprint density at radius 3 is 2.43 bits per heavy atom. The lowest BCUT2D eigenvalue weighted by Gasteiger charge is -2.25. The molecule has 1 saturated carbocycles. The Kier molecular flexibility index (Phi) is 2.81. The molecule has 5 heteroatoms. The number of hydrogen-bond donors (Lipinski definition) is 1. The summed E-state index contributed by atoms with van der Waals surface area (Å²) in [6.45, 7) is 0.625. The van der Waals surface area contributed by atoms with Gasteiger partial charge >= 0.3 is 0 Å². The minimum Gasteiger partial charge on any atom is -0.315 e. The first-order chi connectivity index (χ1) is 6.62. The second kappa shape index (κ2) is 3.79. The molecule has 1 saturated heterocycles. The highest BCUT2D eigenvalue weighted by Crippen LogP contribution is 2.32. The summed E-state index contributed by atoms with van der Waals surface area (Å²) in [6.07, 6.45) is 5.30. The zero-order valence-corrected chi connectivity index (χ0v) is 9.17. The number of rotatable bonds is 2. The molecule has 82 valence electrons. The third-order valence-electron chi connectivity index (χ3n) is 3.02.